The molecule has 25 heavy (non-hydrogen) atoms. The molecule has 0 aliphatic carbocycles. The summed E-state index contributed by atoms with van der Waals surface area (Å²) >= 11 is 0. The lowest BCUT2D eigenvalue weighted by molar-refractivity contribution is -0.138. The molecule has 1 aliphatic rings. The van der Waals surface area contributed by atoms with E-state index in [4.69, 9.17) is 4.74 Å². The van der Waals surface area contributed by atoms with Gasteiger partial charge in [0.25, 0.3) is 5.91 Å². The van der Waals surface area contributed by atoms with Crippen LogP contribution in [0.4, 0.5) is 0 Å². The van der Waals surface area contributed by atoms with E-state index in [-0.39, 0.29) is 30.3 Å². The van der Waals surface area contributed by atoms with Crippen molar-refractivity contribution in [2.24, 2.45) is 0 Å². The molecule has 0 bridgehead atoms. The summed E-state index contributed by atoms with van der Waals surface area (Å²) in [5.41, 5.74) is 1.72. The number of hydrogen-bond acceptors (Lipinski definition) is 4. The highest BCUT2D eigenvalue weighted by Gasteiger charge is 2.36. The Morgan fingerprint density at radius 2 is 1.96 bits per heavy atom. The lowest BCUT2D eigenvalue weighted by atomic mass is 10.2. The molecule has 2 heterocycles. The fourth-order valence-electron chi connectivity index (χ4n) is 2.87. The van der Waals surface area contributed by atoms with E-state index in [1.165, 1.54) is 4.57 Å². The molecule has 6 nitrogen and oxygen atoms in total. The number of aromatic nitrogens is 1. The monoisotopic (exact) mass is 338 g/mol. The number of aldehydes is 1. The van der Waals surface area contributed by atoms with Gasteiger partial charge in [0.05, 0.1) is 24.4 Å². The number of carbonyl (C=O) groups is 3. The molecule has 1 aromatic heterocycles. The van der Waals surface area contributed by atoms with Gasteiger partial charge in [0.2, 0.25) is 0 Å². The first-order chi connectivity index (χ1) is 12.2. The molecule has 0 spiro atoms. The van der Waals surface area contributed by atoms with Crippen LogP contribution in [0.2, 0.25) is 0 Å². The zero-order chi connectivity index (χ0) is 17.8. The summed E-state index contributed by atoms with van der Waals surface area (Å²) in [5, 5.41) is 0. The molecule has 0 fully saturated rings. The molecule has 128 valence electrons. The standard InChI is InChI=1S/C19H18N2O4/c1-2-25-19(24)16-12-20(11-14-7-4-3-5-8-14)18(23)17(16)21-10-6-9-15(21)13-22/h3-10,13H,2,11-12H2,1H3. The molecule has 0 atom stereocenters. The largest absolute Gasteiger partial charge is 0.463 e. The minimum atomic E-state index is -0.535. The molecule has 6 heteroatoms. The average Bonchev–Trinajstić information content (AvgIpc) is 3.20. The van der Waals surface area contributed by atoms with Crippen molar-refractivity contribution in [2.75, 3.05) is 13.2 Å². The van der Waals surface area contributed by atoms with Crippen LogP contribution in [-0.2, 0) is 20.9 Å². The third-order valence-corrected chi connectivity index (χ3v) is 4.00. The molecule has 0 N–H and O–H groups in total. The maximum atomic E-state index is 12.9. The number of ether oxygens (including phenoxy) is 1. The van der Waals surface area contributed by atoms with Crippen molar-refractivity contribution in [3.05, 3.63) is 65.5 Å². The van der Waals surface area contributed by atoms with Crippen LogP contribution in [0.15, 0.2) is 54.2 Å². The fourth-order valence-corrected chi connectivity index (χ4v) is 2.87. The first kappa shape index (κ1) is 16.7. The van der Waals surface area contributed by atoms with Crippen molar-refractivity contribution in [3.8, 4) is 0 Å². The predicted molar refractivity (Wildman–Crippen MR) is 91.5 cm³/mol. The van der Waals surface area contributed by atoms with Crippen LogP contribution in [0.5, 0.6) is 0 Å². The highest BCUT2D eigenvalue weighted by Crippen LogP contribution is 2.27. The van der Waals surface area contributed by atoms with E-state index in [0.717, 1.165) is 5.56 Å². The number of carbonyl (C=O) groups excluding carboxylic acids is 3. The highest BCUT2D eigenvalue weighted by atomic mass is 16.5. The maximum Gasteiger partial charge on any atom is 0.338 e. The molecule has 3 rings (SSSR count). The van der Waals surface area contributed by atoms with Gasteiger partial charge in [-0.2, -0.15) is 0 Å². The fraction of sp³-hybridized carbons (Fsp3) is 0.211. The molecular weight excluding hydrogens is 320 g/mol. The van der Waals surface area contributed by atoms with Crippen molar-refractivity contribution in [3.63, 3.8) is 0 Å². The van der Waals surface area contributed by atoms with Gasteiger partial charge in [0.15, 0.2) is 6.29 Å². The van der Waals surface area contributed by atoms with Gasteiger partial charge in [-0.1, -0.05) is 30.3 Å². The molecule has 1 aliphatic heterocycles. The second-order valence-electron chi connectivity index (χ2n) is 5.62. The summed E-state index contributed by atoms with van der Waals surface area (Å²) in [7, 11) is 0. The lowest BCUT2D eigenvalue weighted by Crippen LogP contribution is -2.28. The van der Waals surface area contributed by atoms with Gasteiger partial charge >= 0.3 is 5.97 Å². The third-order valence-electron chi connectivity index (χ3n) is 4.00. The summed E-state index contributed by atoms with van der Waals surface area (Å²) in [5.74, 6) is -0.835. The van der Waals surface area contributed by atoms with Crippen LogP contribution in [0.3, 0.4) is 0 Å². The summed E-state index contributed by atoms with van der Waals surface area (Å²) in [6, 6.07) is 12.8. The molecular formula is C19H18N2O4. The van der Waals surface area contributed by atoms with Gasteiger partial charge < -0.3 is 14.2 Å². The van der Waals surface area contributed by atoms with Gasteiger partial charge in [-0.25, -0.2) is 4.79 Å². The zero-order valence-corrected chi connectivity index (χ0v) is 13.8. The van der Waals surface area contributed by atoms with E-state index in [9.17, 15) is 14.4 Å². The van der Waals surface area contributed by atoms with Crippen molar-refractivity contribution >= 4 is 23.9 Å². The first-order valence-electron chi connectivity index (χ1n) is 8.02. The van der Waals surface area contributed by atoms with E-state index in [0.29, 0.717) is 18.5 Å². The molecule has 0 unspecified atom stereocenters. The Labute approximate surface area is 145 Å². The van der Waals surface area contributed by atoms with E-state index in [2.05, 4.69) is 0 Å². The molecule has 0 saturated carbocycles. The predicted octanol–water partition coefficient (Wildman–Crippen LogP) is 2.12. The number of nitrogens with zero attached hydrogens (tertiary/aromatic N) is 2. The van der Waals surface area contributed by atoms with E-state index >= 15 is 0 Å². The van der Waals surface area contributed by atoms with Gasteiger partial charge in [-0.05, 0) is 24.6 Å². The van der Waals surface area contributed by atoms with Gasteiger partial charge in [0, 0.05) is 12.7 Å². The average molecular weight is 338 g/mol. The zero-order valence-electron chi connectivity index (χ0n) is 13.8. The van der Waals surface area contributed by atoms with E-state index < -0.39 is 5.97 Å². The molecule has 0 saturated heterocycles. The molecule has 1 aromatic carbocycles. The van der Waals surface area contributed by atoms with Crippen molar-refractivity contribution in [1.29, 1.82) is 0 Å². The van der Waals surface area contributed by atoms with Crippen LogP contribution in [0.25, 0.3) is 5.70 Å². The number of benzene rings is 1. The minimum Gasteiger partial charge on any atom is -0.463 e. The maximum absolute atomic E-state index is 12.9. The Hall–Kier alpha value is -3.15. The quantitative estimate of drug-likeness (QED) is 0.598. The molecule has 1 amide bonds. The Morgan fingerprint density at radius 3 is 2.64 bits per heavy atom. The third kappa shape index (κ3) is 3.24. The number of amides is 1. The Morgan fingerprint density at radius 1 is 1.20 bits per heavy atom. The topological polar surface area (TPSA) is 68.6 Å². The SMILES string of the molecule is CCOC(=O)C1=C(n2cccc2C=O)C(=O)N(Cc2ccccc2)C1. The van der Waals surface area contributed by atoms with Crippen LogP contribution in [0.1, 0.15) is 23.0 Å². The van der Waals surface area contributed by atoms with Crippen LogP contribution in [-0.4, -0.2) is 40.8 Å². The van der Waals surface area contributed by atoms with E-state index in [1.807, 2.05) is 30.3 Å². The minimum absolute atomic E-state index is 0.151. The molecule has 0 radical (unpaired) electrons. The Kier molecular flexibility index (Phi) is 4.79. The summed E-state index contributed by atoms with van der Waals surface area (Å²) in [6.45, 7) is 2.46. The van der Waals surface area contributed by atoms with Crippen LogP contribution in [0, 0.1) is 0 Å². The van der Waals surface area contributed by atoms with Crippen molar-refractivity contribution in [2.45, 2.75) is 13.5 Å². The Balaban J connectivity index is 1.97. The van der Waals surface area contributed by atoms with Gasteiger partial charge in [0.1, 0.15) is 5.70 Å². The summed E-state index contributed by atoms with van der Waals surface area (Å²) < 4.78 is 6.55. The second-order valence-corrected chi connectivity index (χ2v) is 5.62. The number of esters is 1. The summed E-state index contributed by atoms with van der Waals surface area (Å²) in [4.78, 5) is 38.1. The van der Waals surface area contributed by atoms with Crippen LogP contribution < -0.4 is 0 Å². The van der Waals surface area contributed by atoms with Crippen molar-refractivity contribution < 1.29 is 19.1 Å². The van der Waals surface area contributed by atoms with Gasteiger partial charge in [-0.3, -0.25) is 9.59 Å². The normalized spacial score (nSPS) is 14.1. The Bertz CT molecular complexity index is 836. The lowest BCUT2D eigenvalue weighted by Gasteiger charge is -2.17. The van der Waals surface area contributed by atoms with Gasteiger partial charge in [-0.15, -0.1) is 0 Å². The highest BCUT2D eigenvalue weighted by molar-refractivity contribution is 6.23. The number of rotatable bonds is 6. The summed E-state index contributed by atoms with van der Waals surface area (Å²) in [6.07, 6.45) is 2.26. The number of hydrogen-bond donors (Lipinski definition) is 0. The smallest absolute Gasteiger partial charge is 0.338 e. The first-order valence-corrected chi connectivity index (χ1v) is 8.02. The molecule has 2 aromatic rings. The second kappa shape index (κ2) is 7.17. The van der Waals surface area contributed by atoms with Crippen LogP contribution >= 0.6 is 0 Å². The van der Waals surface area contributed by atoms with E-state index in [1.54, 1.807) is 30.2 Å². The van der Waals surface area contributed by atoms with Crippen molar-refractivity contribution in [1.82, 2.24) is 9.47 Å².